The maximum atomic E-state index is 9.18. The summed E-state index contributed by atoms with van der Waals surface area (Å²) in [5.41, 5.74) is 4.00. The average molecular weight is 271 g/mol. The summed E-state index contributed by atoms with van der Waals surface area (Å²) in [6, 6.07) is 15.8. The largest absolute Gasteiger partial charge is 0.369 e. The van der Waals surface area contributed by atoms with Crippen molar-refractivity contribution in [2.24, 2.45) is 0 Å². The van der Waals surface area contributed by atoms with E-state index in [1.165, 1.54) is 11.1 Å². The summed E-state index contributed by atoms with van der Waals surface area (Å²) in [5.74, 6) is 0. The van der Waals surface area contributed by atoms with Gasteiger partial charge in [0.2, 0.25) is 0 Å². The number of halogens is 1. The molecule has 0 aromatic heterocycles. The van der Waals surface area contributed by atoms with Gasteiger partial charge in [0.05, 0.1) is 11.3 Å². The van der Waals surface area contributed by atoms with Crippen LogP contribution in [-0.2, 0) is 6.54 Å². The maximum absolute atomic E-state index is 9.18. The molecule has 19 heavy (non-hydrogen) atoms. The molecule has 0 atom stereocenters. The van der Waals surface area contributed by atoms with Crippen LogP contribution >= 0.6 is 11.6 Å². The third kappa shape index (κ3) is 3.07. The fourth-order valence-electron chi connectivity index (χ4n) is 2.06. The van der Waals surface area contributed by atoms with Gasteiger partial charge in [0.1, 0.15) is 6.07 Å². The highest BCUT2D eigenvalue weighted by atomic mass is 35.5. The monoisotopic (exact) mass is 270 g/mol. The van der Waals surface area contributed by atoms with Gasteiger partial charge in [-0.2, -0.15) is 5.26 Å². The molecule has 2 nitrogen and oxygen atoms in total. The fraction of sp³-hybridized carbons (Fsp3) is 0.188. The van der Waals surface area contributed by atoms with E-state index in [1.807, 2.05) is 31.3 Å². The van der Waals surface area contributed by atoms with Crippen LogP contribution in [0.4, 0.5) is 5.69 Å². The van der Waals surface area contributed by atoms with E-state index in [-0.39, 0.29) is 0 Å². The van der Waals surface area contributed by atoms with Crippen LogP contribution in [0.5, 0.6) is 0 Å². The SMILES string of the molecule is Cc1ccccc1CN(C)c1ccc(Cl)cc1C#N. The minimum atomic E-state index is 0.588. The molecule has 0 unspecified atom stereocenters. The van der Waals surface area contributed by atoms with Crippen molar-refractivity contribution in [2.45, 2.75) is 13.5 Å². The number of hydrogen-bond acceptors (Lipinski definition) is 2. The zero-order valence-corrected chi connectivity index (χ0v) is 11.8. The van der Waals surface area contributed by atoms with Crippen LogP contribution < -0.4 is 4.90 Å². The van der Waals surface area contributed by atoms with Crippen molar-refractivity contribution in [2.75, 3.05) is 11.9 Å². The lowest BCUT2D eigenvalue weighted by atomic mass is 10.1. The molecule has 0 saturated heterocycles. The number of nitrogens with zero attached hydrogens (tertiary/aromatic N) is 2. The second kappa shape index (κ2) is 5.77. The van der Waals surface area contributed by atoms with Gasteiger partial charge >= 0.3 is 0 Å². The van der Waals surface area contributed by atoms with Crippen molar-refractivity contribution >= 4 is 17.3 Å². The minimum Gasteiger partial charge on any atom is -0.369 e. The number of aryl methyl sites for hydroxylation is 1. The van der Waals surface area contributed by atoms with Crippen molar-refractivity contribution in [3.05, 3.63) is 64.2 Å². The first-order valence-electron chi connectivity index (χ1n) is 6.07. The third-order valence-electron chi connectivity index (χ3n) is 3.16. The van der Waals surface area contributed by atoms with E-state index in [4.69, 9.17) is 11.6 Å². The summed E-state index contributed by atoms with van der Waals surface area (Å²) >= 11 is 5.92. The van der Waals surface area contributed by atoms with Crippen molar-refractivity contribution in [1.29, 1.82) is 5.26 Å². The Bertz CT molecular complexity index is 629. The van der Waals surface area contributed by atoms with Crippen LogP contribution in [0, 0.1) is 18.3 Å². The first kappa shape index (κ1) is 13.5. The molecule has 0 spiro atoms. The van der Waals surface area contributed by atoms with E-state index >= 15 is 0 Å². The van der Waals surface area contributed by atoms with Crippen molar-refractivity contribution in [3.8, 4) is 6.07 Å². The standard InChI is InChI=1S/C16H15ClN2/c1-12-5-3-4-6-13(12)11-19(2)16-8-7-15(17)9-14(16)10-18/h3-9H,11H2,1-2H3. The summed E-state index contributed by atoms with van der Waals surface area (Å²) in [6.45, 7) is 2.86. The molecule has 3 heteroatoms. The van der Waals surface area contributed by atoms with Crippen molar-refractivity contribution in [1.82, 2.24) is 0 Å². The zero-order valence-electron chi connectivity index (χ0n) is 11.0. The van der Waals surface area contributed by atoms with Crippen molar-refractivity contribution < 1.29 is 0 Å². The van der Waals surface area contributed by atoms with Gasteiger partial charge in [-0.3, -0.25) is 0 Å². The molecule has 96 valence electrons. The van der Waals surface area contributed by atoms with Gasteiger partial charge in [0.25, 0.3) is 0 Å². The predicted octanol–water partition coefficient (Wildman–Crippen LogP) is 4.16. The molecule has 0 aliphatic rings. The number of nitriles is 1. The fourth-order valence-corrected chi connectivity index (χ4v) is 2.23. The lowest BCUT2D eigenvalue weighted by Crippen LogP contribution is -2.18. The van der Waals surface area contributed by atoms with E-state index < -0.39 is 0 Å². The van der Waals surface area contributed by atoms with Crippen LogP contribution in [-0.4, -0.2) is 7.05 Å². The minimum absolute atomic E-state index is 0.588. The molecule has 0 amide bonds. The Labute approximate surface area is 118 Å². The van der Waals surface area contributed by atoms with Gasteiger partial charge in [0.15, 0.2) is 0 Å². The predicted molar refractivity (Wildman–Crippen MR) is 79.5 cm³/mol. The smallest absolute Gasteiger partial charge is 0.101 e. The van der Waals surface area contributed by atoms with Gasteiger partial charge in [-0.25, -0.2) is 0 Å². The number of anilines is 1. The molecule has 0 bridgehead atoms. The van der Waals surface area contributed by atoms with E-state index in [0.717, 1.165) is 12.2 Å². The van der Waals surface area contributed by atoms with E-state index in [0.29, 0.717) is 10.6 Å². The van der Waals surface area contributed by atoms with E-state index in [2.05, 4.69) is 30.0 Å². The second-order valence-electron chi connectivity index (χ2n) is 4.56. The van der Waals surface area contributed by atoms with Gasteiger partial charge < -0.3 is 4.90 Å². The Kier molecular flexibility index (Phi) is 4.09. The highest BCUT2D eigenvalue weighted by Gasteiger charge is 2.09. The number of benzene rings is 2. The summed E-state index contributed by atoms with van der Waals surface area (Å²) in [7, 11) is 1.98. The highest BCUT2D eigenvalue weighted by molar-refractivity contribution is 6.30. The molecule has 2 aromatic carbocycles. The zero-order chi connectivity index (χ0) is 13.8. The van der Waals surface area contributed by atoms with Gasteiger partial charge in [-0.1, -0.05) is 35.9 Å². The lowest BCUT2D eigenvalue weighted by molar-refractivity contribution is 0.912. The average Bonchev–Trinajstić information content (AvgIpc) is 2.41. The summed E-state index contributed by atoms with van der Waals surface area (Å²) in [4.78, 5) is 2.07. The Morgan fingerprint density at radius 1 is 1.21 bits per heavy atom. The quantitative estimate of drug-likeness (QED) is 0.837. The molecule has 0 heterocycles. The van der Waals surface area contributed by atoms with Crippen LogP contribution in [0.25, 0.3) is 0 Å². The third-order valence-corrected chi connectivity index (χ3v) is 3.39. The first-order valence-corrected chi connectivity index (χ1v) is 6.45. The summed E-state index contributed by atoms with van der Waals surface area (Å²) < 4.78 is 0. The second-order valence-corrected chi connectivity index (χ2v) is 4.99. The molecule has 0 aliphatic carbocycles. The van der Waals surface area contributed by atoms with E-state index in [1.54, 1.807) is 6.07 Å². The van der Waals surface area contributed by atoms with Gasteiger partial charge in [-0.15, -0.1) is 0 Å². The van der Waals surface area contributed by atoms with Crippen LogP contribution in [0.3, 0.4) is 0 Å². The van der Waals surface area contributed by atoms with Crippen LogP contribution in [0.1, 0.15) is 16.7 Å². The topological polar surface area (TPSA) is 27.0 Å². The molecule has 0 saturated carbocycles. The summed E-state index contributed by atoms with van der Waals surface area (Å²) in [5, 5.41) is 9.76. The Hall–Kier alpha value is -1.98. The molecule has 2 aromatic rings. The first-order chi connectivity index (χ1) is 9.11. The Morgan fingerprint density at radius 3 is 2.63 bits per heavy atom. The summed E-state index contributed by atoms with van der Waals surface area (Å²) in [6.07, 6.45) is 0. The number of rotatable bonds is 3. The van der Waals surface area contributed by atoms with Gasteiger partial charge in [-0.05, 0) is 36.2 Å². The molecule has 0 aliphatic heterocycles. The van der Waals surface area contributed by atoms with Crippen molar-refractivity contribution in [3.63, 3.8) is 0 Å². The molecular weight excluding hydrogens is 256 g/mol. The number of hydrogen-bond donors (Lipinski definition) is 0. The molecule has 0 N–H and O–H groups in total. The molecule has 0 fully saturated rings. The Balaban J connectivity index is 2.28. The lowest BCUT2D eigenvalue weighted by Gasteiger charge is -2.21. The van der Waals surface area contributed by atoms with Crippen LogP contribution in [0.15, 0.2) is 42.5 Å². The normalized spacial score (nSPS) is 10.0. The van der Waals surface area contributed by atoms with Crippen LogP contribution in [0.2, 0.25) is 5.02 Å². The van der Waals surface area contributed by atoms with Gasteiger partial charge in [0, 0.05) is 18.6 Å². The molecule has 2 rings (SSSR count). The molecule has 0 radical (unpaired) electrons. The molecular formula is C16H15ClN2. The highest BCUT2D eigenvalue weighted by Crippen LogP contribution is 2.24. The van der Waals surface area contributed by atoms with E-state index in [9.17, 15) is 5.26 Å². The Morgan fingerprint density at radius 2 is 1.95 bits per heavy atom. The maximum Gasteiger partial charge on any atom is 0.101 e.